The molecule has 2 N–H and O–H groups in total. The number of hydrogen-bond acceptors (Lipinski definition) is 2. The Morgan fingerprint density at radius 2 is 2.05 bits per heavy atom. The van der Waals surface area contributed by atoms with Crippen molar-refractivity contribution in [1.82, 2.24) is 5.32 Å². The Morgan fingerprint density at radius 1 is 1.20 bits per heavy atom. The number of allylic oxidation sites excluding steroid dienone is 2. The second-order valence-electron chi connectivity index (χ2n) is 6.34. The van der Waals surface area contributed by atoms with E-state index in [4.69, 9.17) is 0 Å². The highest BCUT2D eigenvalue weighted by Gasteiger charge is 2.41. The van der Waals surface area contributed by atoms with E-state index in [0.29, 0.717) is 18.3 Å². The van der Waals surface area contributed by atoms with Crippen LogP contribution in [0, 0.1) is 17.8 Å². The van der Waals surface area contributed by atoms with Gasteiger partial charge in [-0.25, -0.2) is 0 Å². The quantitative estimate of drug-likeness (QED) is 0.807. The molecule has 0 saturated heterocycles. The van der Waals surface area contributed by atoms with Gasteiger partial charge in [-0.1, -0.05) is 36.4 Å². The second-order valence-corrected chi connectivity index (χ2v) is 6.34. The van der Waals surface area contributed by atoms with E-state index in [1.807, 2.05) is 24.3 Å². The van der Waals surface area contributed by atoms with Crippen molar-refractivity contribution in [1.29, 1.82) is 0 Å². The molecule has 3 nitrogen and oxygen atoms in total. The Kier molecular flexibility index (Phi) is 2.71. The Balaban J connectivity index is 1.52. The van der Waals surface area contributed by atoms with E-state index in [1.54, 1.807) is 0 Å². The smallest absolute Gasteiger partial charge is 0.224 e. The van der Waals surface area contributed by atoms with E-state index < -0.39 is 6.10 Å². The lowest BCUT2D eigenvalue weighted by Gasteiger charge is -2.23. The SMILES string of the molecule is O=C(NC1c2ccccc2CC1O)C1CC2C=CC1C2. The molecule has 0 spiro atoms. The number of nitrogens with one attached hydrogen (secondary N) is 1. The molecule has 3 aliphatic rings. The number of carbonyl (C=O) groups is 1. The van der Waals surface area contributed by atoms with Gasteiger partial charge in [0.25, 0.3) is 0 Å². The average Bonchev–Trinajstić information content (AvgIpc) is 3.14. The van der Waals surface area contributed by atoms with Gasteiger partial charge in [-0.3, -0.25) is 4.79 Å². The minimum atomic E-state index is -0.495. The van der Waals surface area contributed by atoms with E-state index in [0.717, 1.165) is 24.0 Å². The number of carbonyl (C=O) groups excluding carboxylic acids is 1. The van der Waals surface area contributed by atoms with Crippen LogP contribution in [0.2, 0.25) is 0 Å². The first-order valence-electron chi connectivity index (χ1n) is 7.47. The highest BCUT2D eigenvalue weighted by atomic mass is 16.3. The van der Waals surface area contributed by atoms with E-state index >= 15 is 0 Å². The normalized spacial score (nSPS) is 37.1. The fourth-order valence-corrected chi connectivity index (χ4v) is 4.09. The molecule has 1 saturated carbocycles. The Hall–Kier alpha value is -1.61. The molecule has 0 heterocycles. The summed E-state index contributed by atoms with van der Waals surface area (Å²) in [4.78, 5) is 12.5. The number of benzene rings is 1. The maximum absolute atomic E-state index is 12.5. The van der Waals surface area contributed by atoms with Crippen molar-refractivity contribution >= 4 is 5.91 Å². The summed E-state index contributed by atoms with van der Waals surface area (Å²) in [6.45, 7) is 0. The highest BCUT2D eigenvalue weighted by molar-refractivity contribution is 5.80. The average molecular weight is 269 g/mol. The van der Waals surface area contributed by atoms with Crippen LogP contribution in [0.15, 0.2) is 36.4 Å². The van der Waals surface area contributed by atoms with Gasteiger partial charge in [0.05, 0.1) is 12.1 Å². The lowest BCUT2D eigenvalue weighted by Crippen LogP contribution is -2.39. The summed E-state index contributed by atoms with van der Waals surface area (Å²) in [5, 5.41) is 13.3. The fourth-order valence-electron chi connectivity index (χ4n) is 4.09. The molecule has 1 aromatic carbocycles. The number of aliphatic hydroxyl groups excluding tert-OH is 1. The fraction of sp³-hybridized carbons (Fsp3) is 0.471. The molecule has 0 aromatic heterocycles. The first-order chi connectivity index (χ1) is 9.72. The number of rotatable bonds is 2. The van der Waals surface area contributed by atoms with Crippen molar-refractivity contribution in [3.8, 4) is 0 Å². The second kappa shape index (κ2) is 4.45. The predicted molar refractivity (Wildman–Crippen MR) is 75.9 cm³/mol. The van der Waals surface area contributed by atoms with Crippen molar-refractivity contribution in [2.45, 2.75) is 31.4 Å². The van der Waals surface area contributed by atoms with Gasteiger partial charge < -0.3 is 10.4 Å². The summed E-state index contributed by atoms with van der Waals surface area (Å²) < 4.78 is 0. The number of hydrogen-bond donors (Lipinski definition) is 2. The lowest BCUT2D eigenvalue weighted by molar-refractivity contribution is -0.127. The number of aliphatic hydroxyl groups is 1. The van der Waals surface area contributed by atoms with Crippen LogP contribution in [0.1, 0.15) is 30.0 Å². The minimum absolute atomic E-state index is 0.102. The van der Waals surface area contributed by atoms with Gasteiger partial charge in [0.1, 0.15) is 0 Å². The molecule has 104 valence electrons. The highest BCUT2D eigenvalue weighted by Crippen LogP contribution is 2.44. The van der Waals surface area contributed by atoms with E-state index in [1.165, 1.54) is 0 Å². The molecule has 5 atom stereocenters. The molecule has 1 amide bonds. The Bertz CT molecular complexity index is 580. The van der Waals surface area contributed by atoms with Crippen molar-refractivity contribution < 1.29 is 9.90 Å². The third-order valence-corrected chi connectivity index (χ3v) is 5.12. The minimum Gasteiger partial charge on any atom is -0.390 e. The van der Waals surface area contributed by atoms with Gasteiger partial charge in [0, 0.05) is 12.3 Å². The molecule has 0 aliphatic heterocycles. The van der Waals surface area contributed by atoms with Crippen LogP contribution in [-0.4, -0.2) is 17.1 Å². The zero-order valence-electron chi connectivity index (χ0n) is 11.3. The van der Waals surface area contributed by atoms with Crippen LogP contribution in [-0.2, 0) is 11.2 Å². The van der Waals surface area contributed by atoms with Gasteiger partial charge in [-0.2, -0.15) is 0 Å². The number of amides is 1. The Labute approximate surface area is 118 Å². The lowest BCUT2D eigenvalue weighted by atomic mass is 9.92. The summed E-state index contributed by atoms with van der Waals surface area (Å²) in [5.74, 6) is 1.22. The van der Waals surface area contributed by atoms with Crippen molar-refractivity contribution in [3.05, 3.63) is 47.5 Å². The first kappa shape index (κ1) is 12.2. The van der Waals surface area contributed by atoms with E-state index in [9.17, 15) is 9.90 Å². The summed E-state index contributed by atoms with van der Waals surface area (Å²) in [6.07, 6.45) is 6.67. The monoisotopic (exact) mass is 269 g/mol. The molecule has 1 fully saturated rings. The van der Waals surface area contributed by atoms with Crippen LogP contribution in [0.5, 0.6) is 0 Å². The van der Waals surface area contributed by atoms with Crippen LogP contribution < -0.4 is 5.32 Å². The van der Waals surface area contributed by atoms with Crippen molar-refractivity contribution in [2.24, 2.45) is 17.8 Å². The summed E-state index contributed by atoms with van der Waals surface area (Å²) in [5.41, 5.74) is 2.23. The molecule has 0 radical (unpaired) electrons. The third kappa shape index (κ3) is 1.80. The maximum Gasteiger partial charge on any atom is 0.224 e. The van der Waals surface area contributed by atoms with Crippen LogP contribution in [0.4, 0.5) is 0 Å². The molecule has 20 heavy (non-hydrogen) atoms. The van der Waals surface area contributed by atoms with Crippen LogP contribution in [0.3, 0.4) is 0 Å². The van der Waals surface area contributed by atoms with Gasteiger partial charge in [-0.05, 0) is 35.8 Å². The van der Waals surface area contributed by atoms with E-state index in [2.05, 4.69) is 17.5 Å². The standard InChI is InChI=1S/C17H19NO2/c19-15-9-11-3-1-2-4-13(11)16(15)18-17(20)14-8-10-5-6-12(14)7-10/h1-6,10,12,14-16,19H,7-9H2,(H,18,20). The zero-order chi connectivity index (χ0) is 13.7. The van der Waals surface area contributed by atoms with Crippen LogP contribution >= 0.6 is 0 Å². The van der Waals surface area contributed by atoms with Crippen molar-refractivity contribution in [2.75, 3.05) is 0 Å². The molecule has 2 bridgehead atoms. The topological polar surface area (TPSA) is 49.3 Å². The Morgan fingerprint density at radius 3 is 2.80 bits per heavy atom. The van der Waals surface area contributed by atoms with Gasteiger partial charge in [0.2, 0.25) is 5.91 Å². The molecule has 3 heteroatoms. The molecule has 1 aromatic rings. The molecular weight excluding hydrogens is 250 g/mol. The predicted octanol–water partition coefficient (Wildman–Crippen LogP) is 1.97. The van der Waals surface area contributed by atoms with Gasteiger partial charge >= 0.3 is 0 Å². The zero-order valence-corrected chi connectivity index (χ0v) is 11.3. The van der Waals surface area contributed by atoms with Gasteiger partial charge in [-0.15, -0.1) is 0 Å². The molecule has 4 rings (SSSR count). The maximum atomic E-state index is 12.5. The third-order valence-electron chi connectivity index (χ3n) is 5.12. The first-order valence-corrected chi connectivity index (χ1v) is 7.47. The number of fused-ring (bicyclic) bond motifs is 3. The molecular formula is C17H19NO2. The summed E-state index contributed by atoms with van der Waals surface area (Å²) in [6, 6.07) is 7.76. The van der Waals surface area contributed by atoms with Crippen LogP contribution in [0.25, 0.3) is 0 Å². The van der Waals surface area contributed by atoms with E-state index in [-0.39, 0.29) is 17.9 Å². The molecule has 3 aliphatic carbocycles. The largest absolute Gasteiger partial charge is 0.390 e. The summed E-state index contributed by atoms with van der Waals surface area (Å²) in [7, 11) is 0. The van der Waals surface area contributed by atoms with Gasteiger partial charge in [0.15, 0.2) is 0 Å². The van der Waals surface area contributed by atoms with Crippen molar-refractivity contribution in [3.63, 3.8) is 0 Å². The summed E-state index contributed by atoms with van der Waals surface area (Å²) >= 11 is 0. The molecule has 5 unspecified atom stereocenters.